The van der Waals surface area contributed by atoms with E-state index in [0.717, 1.165) is 12.8 Å². The van der Waals surface area contributed by atoms with Gasteiger partial charge in [-0.3, -0.25) is 0 Å². The summed E-state index contributed by atoms with van der Waals surface area (Å²) in [5.74, 6) is -0.251. The van der Waals surface area contributed by atoms with Gasteiger partial charge in [-0.25, -0.2) is 4.85 Å². The van der Waals surface area contributed by atoms with Crippen LogP contribution in [0.2, 0.25) is 0 Å². The van der Waals surface area contributed by atoms with Gasteiger partial charge in [0.15, 0.2) is 0 Å². The summed E-state index contributed by atoms with van der Waals surface area (Å²) in [7, 11) is 0. The van der Waals surface area contributed by atoms with Gasteiger partial charge in [0, 0.05) is 32.7 Å². The van der Waals surface area contributed by atoms with E-state index in [1.54, 1.807) is 11.4 Å². The summed E-state index contributed by atoms with van der Waals surface area (Å²) in [6.07, 6.45) is 1.95. The zero-order valence-electron chi connectivity index (χ0n) is 8.56. The third-order valence-electron chi connectivity index (χ3n) is 1.73. The van der Waals surface area contributed by atoms with Crippen LogP contribution in [-0.4, -0.2) is 12.5 Å². The molecule has 0 spiro atoms. The van der Waals surface area contributed by atoms with Crippen LogP contribution in [-0.2, 0) is 32.7 Å². The van der Waals surface area contributed by atoms with E-state index in [9.17, 15) is 4.79 Å². The van der Waals surface area contributed by atoms with E-state index in [1.807, 2.05) is 0 Å². The van der Waals surface area contributed by atoms with Crippen molar-refractivity contribution in [2.45, 2.75) is 19.8 Å². The maximum Gasteiger partial charge on any atom is 0.206 e. The molecule has 1 aromatic heterocycles. The van der Waals surface area contributed by atoms with Crippen molar-refractivity contribution in [1.82, 2.24) is 0 Å². The smallest absolute Gasteiger partial charge is 0.206 e. The van der Waals surface area contributed by atoms with E-state index in [0.29, 0.717) is 17.1 Å². The van der Waals surface area contributed by atoms with Crippen molar-refractivity contribution in [1.29, 1.82) is 0 Å². The number of rotatable bonds is 4. The average Bonchev–Trinajstić information content (AvgIpc) is 2.65. The second kappa shape index (κ2) is 7.98. The van der Waals surface area contributed by atoms with Crippen LogP contribution in [0.1, 0.15) is 29.4 Å². The minimum absolute atomic E-state index is 0. The first-order valence-corrected chi connectivity index (χ1v) is 5.34. The summed E-state index contributed by atoms with van der Waals surface area (Å²) in [4.78, 5) is 15.2. The summed E-state index contributed by atoms with van der Waals surface area (Å²) in [5.41, 5.74) is 0.417. The largest absolute Gasteiger partial charge is 0.650 e. The molecule has 0 fully saturated rings. The van der Waals surface area contributed by atoms with Gasteiger partial charge in [-0.2, -0.15) is 11.3 Å². The molecule has 0 N–H and O–H groups in total. The van der Waals surface area contributed by atoms with Gasteiger partial charge in [0.1, 0.15) is 0 Å². The fourth-order valence-electron chi connectivity index (χ4n) is 0.961. The third kappa shape index (κ3) is 4.42. The van der Waals surface area contributed by atoms with E-state index in [2.05, 4.69) is 17.1 Å². The molecule has 1 aromatic rings. The summed E-state index contributed by atoms with van der Waals surface area (Å²) in [6, 6.07) is 1.65. The first kappa shape index (κ1) is 14.8. The van der Waals surface area contributed by atoms with Crippen molar-refractivity contribution < 1.29 is 37.5 Å². The number of thiophene rings is 1. The number of unbranched alkanes of at least 4 members (excludes halogenated alkanes) is 1. The number of carbonyl (C=O) groups excluding carboxylic acids is 1. The van der Waals surface area contributed by atoms with Gasteiger partial charge < -0.3 is 10.1 Å². The van der Waals surface area contributed by atoms with Crippen molar-refractivity contribution in [2.24, 2.45) is 0 Å². The monoisotopic (exact) mass is 296 g/mol. The van der Waals surface area contributed by atoms with Crippen molar-refractivity contribution in [3.05, 3.63) is 33.1 Å². The molecule has 0 aliphatic heterocycles. The fourth-order valence-corrected chi connectivity index (χ4v) is 1.69. The zero-order valence-corrected chi connectivity index (χ0v) is 12.2. The quantitative estimate of drug-likeness (QED) is 0.617. The fraction of sp³-hybridized carbons (Fsp3) is 0.400. The normalized spacial score (nSPS) is 8.80. The number of nitrogens with zero attached hydrogens (tertiary/aromatic N) is 2. The molecule has 0 atom stereocenters. The Morgan fingerprint density at radius 2 is 2.40 bits per heavy atom. The summed E-state index contributed by atoms with van der Waals surface area (Å²) < 4.78 is 0. The van der Waals surface area contributed by atoms with Gasteiger partial charge in [0.25, 0.3) is 0 Å². The van der Waals surface area contributed by atoms with E-state index in [1.165, 1.54) is 11.3 Å². The molecule has 5 heteroatoms. The second-order valence-electron chi connectivity index (χ2n) is 2.79. The Balaban J connectivity index is 0.00000196. The first-order chi connectivity index (χ1) is 6.79. The maximum atomic E-state index is 11.5. The minimum Gasteiger partial charge on any atom is -0.650 e. The van der Waals surface area contributed by atoms with Crippen LogP contribution in [0.4, 0.5) is 5.69 Å². The van der Waals surface area contributed by atoms with Crippen LogP contribution < -0.4 is 0 Å². The Bertz CT molecular complexity index is 357. The van der Waals surface area contributed by atoms with Crippen molar-refractivity contribution >= 4 is 22.9 Å². The summed E-state index contributed by atoms with van der Waals surface area (Å²) >= 11 is 1.28. The molecule has 1 radical (unpaired) electrons. The topological polar surface area (TPSA) is 35.5 Å². The Morgan fingerprint density at radius 1 is 1.67 bits per heavy atom. The van der Waals surface area contributed by atoms with Crippen LogP contribution in [0.25, 0.3) is 10.2 Å². The molecule has 1 amide bonds. The summed E-state index contributed by atoms with van der Waals surface area (Å²) in [6.45, 7) is 9.46. The number of amides is 1. The van der Waals surface area contributed by atoms with Gasteiger partial charge in [-0.15, -0.1) is 6.54 Å². The standard InChI is InChI=1S/C10H12N2OS.Y/c1-3-4-6-12-10(13)9-8(11-2)5-7-14-9;/h5,7H,3-4,6H2,1H3,(H,12,13);/p-1. The molecule has 0 saturated carbocycles. The van der Waals surface area contributed by atoms with Crippen LogP contribution in [0, 0.1) is 6.57 Å². The van der Waals surface area contributed by atoms with Crippen molar-refractivity contribution in [3.63, 3.8) is 0 Å². The molecule has 0 bridgehead atoms. The van der Waals surface area contributed by atoms with E-state index < -0.39 is 0 Å². The predicted octanol–water partition coefficient (Wildman–Crippen LogP) is 3.61. The Morgan fingerprint density at radius 3 is 3.00 bits per heavy atom. The molecule has 0 unspecified atom stereocenters. The Labute approximate surface area is 119 Å². The van der Waals surface area contributed by atoms with Crippen molar-refractivity contribution in [2.75, 3.05) is 6.54 Å². The Kier molecular flexibility index (Phi) is 7.85. The molecule has 77 valence electrons. The molecule has 3 nitrogen and oxygen atoms in total. The van der Waals surface area contributed by atoms with E-state index in [4.69, 9.17) is 6.57 Å². The molecular formula is C10H11N2OSY-. The van der Waals surface area contributed by atoms with Crippen LogP contribution in [0.3, 0.4) is 0 Å². The van der Waals surface area contributed by atoms with E-state index in [-0.39, 0.29) is 38.6 Å². The van der Waals surface area contributed by atoms with E-state index >= 15 is 0 Å². The molecule has 1 heterocycles. The Hall–Kier alpha value is -0.236. The predicted molar refractivity (Wildman–Crippen MR) is 58.0 cm³/mol. The number of hydrogen-bond donors (Lipinski definition) is 0. The van der Waals surface area contributed by atoms with Crippen LogP contribution in [0.5, 0.6) is 0 Å². The molecule has 15 heavy (non-hydrogen) atoms. The number of hydrogen-bond acceptors (Lipinski definition) is 2. The minimum atomic E-state index is -0.251. The summed E-state index contributed by atoms with van der Waals surface area (Å²) in [5, 5.41) is 5.64. The molecular weight excluding hydrogens is 285 g/mol. The molecule has 0 aliphatic carbocycles. The van der Waals surface area contributed by atoms with Crippen LogP contribution in [0.15, 0.2) is 11.4 Å². The van der Waals surface area contributed by atoms with Gasteiger partial charge in [-0.1, -0.05) is 19.8 Å². The molecule has 0 aliphatic rings. The van der Waals surface area contributed by atoms with Crippen molar-refractivity contribution in [3.8, 4) is 0 Å². The third-order valence-corrected chi connectivity index (χ3v) is 2.62. The van der Waals surface area contributed by atoms with Crippen LogP contribution >= 0.6 is 11.3 Å². The molecule has 0 saturated heterocycles. The molecule has 0 aromatic carbocycles. The van der Waals surface area contributed by atoms with Gasteiger partial charge in [0.05, 0.1) is 17.4 Å². The average molecular weight is 296 g/mol. The van der Waals surface area contributed by atoms with Gasteiger partial charge in [-0.05, 0) is 11.4 Å². The molecule has 1 rings (SSSR count). The zero-order chi connectivity index (χ0) is 10.4. The van der Waals surface area contributed by atoms with Gasteiger partial charge >= 0.3 is 0 Å². The second-order valence-corrected chi connectivity index (χ2v) is 3.70. The number of carbonyl (C=O) groups is 1. The first-order valence-electron chi connectivity index (χ1n) is 4.46. The SMILES string of the molecule is [C-]#[N+]c1ccsc1C(=O)[N-]CCCC.[Y]. The maximum absolute atomic E-state index is 11.5. The van der Waals surface area contributed by atoms with Gasteiger partial charge in [0.2, 0.25) is 5.69 Å².